The standard InChI is InChI=1S/C10H8O9S2/c11-8-3-1-2-6-4-7(18-20(12,13)14)5-9(10(6)8)19-21(15,16)17/h1-5,11H,(H,12,13,14)(H,15,16,17). The van der Waals surface area contributed by atoms with Crippen molar-refractivity contribution in [1.82, 2.24) is 0 Å². The highest BCUT2D eigenvalue weighted by atomic mass is 32.3. The third kappa shape index (κ3) is 3.95. The van der Waals surface area contributed by atoms with Gasteiger partial charge in [-0.3, -0.25) is 9.11 Å². The molecule has 0 saturated heterocycles. The summed E-state index contributed by atoms with van der Waals surface area (Å²) in [6.45, 7) is 0. The van der Waals surface area contributed by atoms with Crippen LogP contribution in [-0.4, -0.2) is 31.0 Å². The lowest BCUT2D eigenvalue weighted by Gasteiger charge is -2.10. The molecule has 9 nitrogen and oxygen atoms in total. The van der Waals surface area contributed by atoms with Crippen molar-refractivity contribution in [2.24, 2.45) is 0 Å². The fourth-order valence-electron chi connectivity index (χ4n) is 1.69. The van der Waals surface area contributed by atoms with Crippen LogP contribution in [-0.2, 0) is 20.8 Å². The van der Waals surface area contributed by atoms with Crippen LogP contribution in [0.2, 0.25) is 0 Å². The Hall–Kier alpha value is -2.08. The van der Waals surface area contributed by atoms with Crippen molar-refractivity contribution < 1.29 is 39.4 Å². The molecule has 21 heavy (non-hydrogen) atoms. The van der Waals surface area contributed by atoms with Gasteiger partial charge in [0.25, 0.3) is 0 Å². The molecule has 0 atom stereocenters. The Labute approximate surface area is 119 Å². The minimum atomic E-state index is -4.92. The van der Waals surface area contributed by atoms with E-state index in [1.54, 1.807) is 0 Å². The summed E-state index contributed by atoms with van der Waals surface area (Å²) in [6.07, 6.45) is 0. The van der Waals surface area contributed by atoms with E-state index >= 15 is 0 Å². The molecule has 2 rings (SSSR count). The smallest absolute Gasteiger partial charge is 0.446 e. The van der Waals surface area contributed by atoms with Crippen molar-refractivity contribution >= 4 is 31.6 Å². The van der Waals surface area contributed by atoms with Crippen molar-refractivity contribution in [2.75, 3.05) is 0 Å². The lowest BCUT2D eigenvalue weighted by Crippen LogP contribution is -2.09. The normalized spacial score (nSPS) is 12.3. The fraction of sp³-hybridized carbons (Fsp3) is 0. The number of fused-ring (bicyclic) bond motifs is 1. The zero-order valence-corrected chi connectivity index (χ0v) is 11.6. The Morgan fingerprint density at radius 1 is 0.905 bits per heavy atom. The van der Waals surface area contributed by atoms with E-state index in [2.05, 4.69) is 8.37 Å². The summed E-state index contributed by atoms with van der Waals surface area (Å²) in [4.78, 5) is 0. The maximum absolute atomic E-state index is 10.8. The first kappa shape index (κ1) is 15.3. The van der Waals surface area contributed by atoms with Gasteiger partial charge in [-0.2, -0.15) is 16.8 Å². The molecule has 11 heteroatoms. The maximum atomic E-state index is 10.8. The summed E-state index contributed by atoms with van der Waals surface area (Å²) in [7, 11) is -9.77. The van der Waals surface area contributed by atoms with Crippen LogP contribution in [0.4, 0.5) is 0 Å². The van der Waals surface area contributed by atoms with Crippen molar-refractivity contribution in [3.8, 4) is 17.2 Å². The number of rotatable bonds is 4. The topological polar surface area (TPSA) is 147 Å². The van der Waals surface area contributed by atoms with Gasteiger partial charge in [-0.1, -0.05) is 12.1 Å². The van der Waals surface area contributed by atoms with Crippen molar-refractivity contribution in [2.45, 2.75) is 0 Å². The van der Waals surface area contributed by atoms with Gasteiger partial charge >= 0.3 is 20.8 Å². The zero-order valence-electron chi connectivity index (χ0n) is 9.99. The van der Waals surface area contributed by atoms with Crippen LogP contribution < -0.4 is 8.37 Å². The van der Waals surface area contributed by atoms with Crippen LogP contribution in [0.3, 0.4) is 0 Å². The van der Waals surface area contributed by atoms with Crippen molar-refractivity contribution in [1.29, 1.82) is 0 Å². The SMILES string of the molecule is O=S(=O)(O)Oc1cc(OS(=O)(=O)O)c2c(O)cccc2c1. The van der Waals surface area contributed by atoms with Gasteiger partial charge in [0, 0.05) is 6.07 Å². The van der Waals surface area contributed by atoms with Crippen molar-refractivity contribution in [3.05, 3.63) is 30.3 Å². The molecule has 0 aromatic heterocycles. The summed E-state index contributed by atoms with van der Waals surface area (Å²) < 4.78 is 68.7. The Balaban J connectivity index is 2.72. The van der Waals surface area contributed by atoms with Gasteiger partial charge in [-0.15, -0.1) is 0 Å². The lowest BCUT2D eigenvalue weighted by molar-refractivity contribution is 0.383. The number of phenolic OH excluding ortho intramolecular Hbond substituents is 1. The number of hydrogen-bond acceptors (Lipinski definition) is 7. The predicted octanol–water partition coefficient (Wildman–Crippen LogP) is 0.909. The Morgan fingerprint density at radius 2 is 1.52 bits per heavy atom. The molecule has 114 valence electrons. The highest BCUT2D eigenvalue weighted by Gasteiger charge is 2.17. The Bertz CT molecular complexity index is 900. The third-order valence-corrected chi connectivity index (χ3v) is 3.08. The van der Waals surface area contributed by atoms with E-state index in [1.165, 1.54) is 18.2 Å². The van der Waals surface area contributed by atoms with Gasteiger partial charge in [-0.25, -0.2) is 0 Å². The number of aromatic hydroxyl groups is 1. The molecule has 0 aliphatic rings. The second-order valence-corrected chi connectivity index (χ2v) is 5.86. The zero-order chi connectivity index (χ0) is 15.8. The summed E-state index contributed by atoms with van der Waals surface area (Å²) in [5.74, 6) is -1.43. The molecule has 0 fully saturated rings. The molecule has 3 N–H and O–H groups in total. The van der Waals surface area contributed by atoms with E-state index in [1.807, 2.05) is 0 Å². The minimum Gasteiger partial charge on any atom is -0.507 e. The number of phenols is 1. The van der Waals surface area contributed by atoms with Crippen LogP contribution >= 0.6 is 0 Å². The molecule has 0 spiro atoms. The predicted molar refractivity (Wildman–Crippen MR) is 70.0 cm³/mol. The molecular formula is C10H8O9S2. The molecular weight excluding hydrogens is 328 g/mol. The van der Waals surface area contributed by atoms with Gasteiger partial charge in [0.05, 0.1) is 5.39 Å². The first-order chi connectivity index (χ1) is 9.55. The molecule has 0 saturated carbocycles. The molecule has 0 heterocycles. The van der Waals surface area contributed by atoms with E-state index in [0.29, 0.717) is 0 Å². The van der Waals surface area contributed by atoms with E-state index < -0.39 is 32.3 Å². The monoisotopic (exact) mass is 336 g/mol. The van der Waals surface area contributed by atoms with Gasteiger partial charge in [0.2, 0.25) is 0 Å². The largest absolute Gasteiger partial charge is 0.507 e. The number of hydrogen-bond donors (Lipinski definition) is 3. The molecule has 2 aromatic rings. The van der Waals surface area contributed by atoms with E-state index in [0.717, 1.165) is 12.1 Å². The average molecular weight is 336 g/mol. The summed E-state index contributed by atoms with van der Waals surface area (Å²) in [5.41, 5.74) is 0. The molecule has 0 aliphatic heterocycles. The molecule has 0 bridgehead atoms. The highest BCUT2D eigenvalue weighted by molar-refractivity contribution is 7.81. The molecule has 0 unspecified atom stereocenters. The van der Waals surface area contributed by atoms with Crippen LogP contribution in [0.15, 0.2) is 30.3 Å². The molecule has 0 amide bonds. The van der Waals surface area contributed by atoms with E-state index in [9.17, 15) is 21.9 Å². The van der Waals surface area contributed by atoms with Gasteiger partial charge < -0.3 is 13.5 Å². The first-order valence-electron chi connectivity index (χ1n) is 5.15. The lowest BCUT2D eigenvalue weighted by atomic mass is 10.1. The molecule has 0 radical (unpaired) electrons. The quantitative estimate of drug-likeness (QED) is 0.693. The maximum Gasteiger partial charge on any atom is 0.446 e. The first-order valence-corrected chi connectivity index (χ1v) is 7.88. The van der Waals surface area contributed by atoms with Crippen LogP contribution in [0.1, 0.15) is 0 Å². The van der Waals surface area contributed by atoms with Crippen LogP contribution in [0, 0.1) is 0 Å². The Kier molecular flexibility index (Phi) is 3.67. The van der Waals surface area contributed by atoms with Gasteiger partial charge in [0.1, 0.15) is 11.5 Å². The second-order valence-electron chi connectivity index (χ2n) is 3.82. The Morgan fingerprint density at radius 3 is 2.10 bits per heavy atom. The molecule has 0 aliphatic carbocycles. The summed E-state index contributed by atoms with van der Waals surface area (Å²) in [5, 5.41) is 9.76. The summed E-state index contributed by atoms with van der Waals surface area (Å²) >= 11 is 0. The molecule has 2 aromatic carbocycles. The van der Waals surface area contributed by atoms with Crippen LogP contribution in [0.5, 0.6) is 17.2 Å². The van der Waals surface area contributed by atoms with E-state index in [4.69, 9.17) is 9.11 Å². The van der Waals surface area contributed by atoms with Crippen molar-refractivity contribution in [3.63, 3.8) is 0 Å². The van der Waals surface area contributed by atoms with Gasteiger partial charge in [-0.05, 0) is 17.5 Å². The minimum absolute atomic E-state index is 0.0992. The van der Waals surface area contributed by atoms with Gasteiger partial charge in [0.15, 0.2) is 5.75 Å². The second kappa shape index (κ2) is 5.04. The van der Waals surface area contributed by atoms with Crippen LogP contribution in [0.25, 0.3) is 10.8 Å². The van der Waals surface area contributed by atoms with E-state index in [-0.39, 0.29) is 16.5 Å². The average Bonchev–Trinajstić information content (AvgIpc) is 2.23. The highest BCUT2D eigenvalue weighted by Crippen LogP contribution is 2.37. The fourth-order valence-corrected chi connectivity index (χ4v) is 2.39. The summed E-state index contributed by atoms with van der Waals surface area (Å²) in [6, 6.07) is 5.89. The third-order valence-electron chi connectivity index (χ3n) is 2.29. The number of benzene rings is 2.